The van der Waals surface area contributed by atoms with Crippen LogP contribution in [0.1, 0.15) is 11.1 Å². The molecule has 31 heavy (non-hydrogen) atoms. The predicted molar refractivity (Wildman–Crippen MR) is 120 cm³/mol. The fourth-order valence-corrected chi connectivity index (χ4v) is 6.67. The van der Waals surface area contributed by atoms with Crippen molar-refractivity contribution in [3.05, 3.63) is 59.2 Å². The molecule has 6 nitrogen and oxygen atoms in total. The lowest BCUT2D eigenvalue weighted by Gasteiger charge is -2.26. The van der Waals surface area contributed by atoms with E-state index in [0.717, 1.165) is 40.7 Å². The number of aryl methyl sites for hydroxylation is 2. The topological polar surface area (TPSA) is 78.8 Å². The number of sulfone groups is 1. The summed E-state index contributed by atoms with van der Waals surface area (Å²) in [5, 5.41) is 3.24. The van der Waals surface area contributed by atoms with E-state index in [1.165, 1.54) is 11.0 Å². The first-order chi connectivity index (χ1) is 14.6. The standard InChI is InChI=1S/C21H21F2N3O3S2/c1-12-4-3-5-13(2)20(12)25-19(27)9-30-21-24-16-10-31(28,29)11-18(16)26(21)17-7-6-14(22)8-15(17)23/h3-8,16,18H,9-11H2,1-2H3,(H,25,27)/t16-,18+/m0/s1. The molecule has 0 aliphatic carbocycles. The molecular formula is C21H21F2N3O3S2. The van der Waals surface area contributed by atoms with Crippen molar-refractivity contribution in [3.8, 4) is 0 Å². The molecule has 0 radical (unpaired) electrons. The molecule has 0 bridgehead atoms. The van der Waals surface area contributed by atoms with E-state index in [-0.39, 0.29) is 28.9 Å². The number of benzene rings is 2. The molecule has 2 aliphatic rings. The quantitative estimate of drug-likeness (QED) is 0.750. The Kier molecular flexibility index (Phi) is 5.78. The van der Waals surface area contributed by atoms with Gasteiger partial charge >= 0.3 is 0 Å². The zero-order valence-corrected chi connectivity index (χ0v) is 18.6. The van der Waals surface area contributed by atoms with Crippen LogP contribution >= 0.6 is 11.8 Å². The average molecular weight is 466 g/mol. The van der Waals surface area contributed by atoms with E-state index >= 15 is 0 Å². The van der Waals surface area contributed by atoms with E-state index in [0.29, 0.717) is 5.17 Å². The Balaban J connectivity index is 1.55. The van der Waals surface area contributed by atoms with Crippen molar-refractivity contribution in [2.24, 2.45) is 4.99 Å². The first-order valence-electron chi connectivity index (χ1n) is 9.66. The molecule has 164 valence electrons. The van der Waals surface area contributed by atoms with Crippen molar-refractivity contribution in [1.29, 1.82) is 0 Å². The Hall–Kier alpha value is -2.46. The number of carbonyl (C=O) groups excluding carboxylic acids is 1. The number of amidine groups is 1. The van der Waals surface area contributed by atoms with Gasteiger partial charge in [-0.3, -0.25) is 9.79 Å². The van der Waals surface area contributed by atoms with Gasteiger partial charge < -0.3 is 10.2 Å². The van der Waals surface area contributed by atoms with Crippen LogP contribution in [0, 0.1) is 25.5 Å². The molecule has 0 saturated carbocycles. The van der Waals surface area contributed by atoms with Gasteiger partial charge in [0.1, 0.15) is 11.6 Å². The molecule has 0 unspecified atom stereocenters. The van der Waals surface area contributed by atoms with E-state index in [1.807, 2.05) is 32.0 Å². The van der Waals surface area contributed by atoms with Crippen LogP contribution in [-0.2, 0) is 14.6 Å². The third kappa shape index (κ3) is 4.45. The highest BCUT2D eigenvalue weighted by Gasteiger charge is 2.47. The van der Waals surface area contributed by atoms with E-state index < -0.39 is 33.6 Å². The summed E-state index contributed by atoms with van der Waals surface area (Å²) in [5.74, 6) is -2.08. The second-order valence-corrected chi connectivity index (χ2v) is 10.8. The number of nitrogens with zero attached hydrogens (tertiary/aromatic N) is 2. The highest BCUT2D eigenvalue weighted by atomic mass is 32.2. The van der Waals surface area contributed by atoms with Gasteiger partial charge in [-0.2, -0.15) is 0 Å². The second-order valence-electron chi connectivity index (χ2n) is 7.69. The van der Waals surface area contributed by atoms with Gasteiger partial charge in [0.05, 0.1) is 35.0 Å². The lowest BCUT2D eigenvalue weighted by Crippen LogP contribution is -2.40. The largest absolute Gasteiger partial charge is 0.325 e. The minimum absolute atomic E-state index is 0.0120. The second kappa shape index (κ2) is 8.23. The fourth-order valence-electron chi connectivity index (χ4n) is 3.91. The van der Waals surface area contributed by atoms with Crippen LogP contribution in [0.2, 0.25) is 0 Å². The number of hydrogen-bond donors (Lipinski definition) is 1. The van der Waals surface area contributed by atoms with Gasteiger partial charge in [-0.15, -0.1) is 0 Å². The maximum atomic E-state index is 14.5. The Morgan fingerprint density at radius 1 is 1.19 bits per heavy atom. The molecule has 2 aliphatic heterocycles. The molecule has 4 rings (SSSR count). The number of rotatable bonds is 4. The summed E-state index contributed by atoms with van der Waals surface area (Å²) in [7, 11) is -3.31. The van der Waals surface area contributed by atoms with Crippen molar-refractivity contribution < 1.29 is 22.0 Å². The summed E-state index contributed by atoms with van der Waals surface area (Å²) in [6, 6.07) is 7.73. The van der Waals surface area contributed by atoms with Gasteiger partial charge in [-0.05, 0) is 37.1 Å². The summed E-state index contributed by atoms with van der Waals surface area (Å²) in [6.45, 7) is 3.80. The molecule has 10 heteroatoms. The molecular weight excluding hydrogens is 444 g/mol. The molecule has 2 atom stereocenters. The van der Waals surface area contributed by atoms with Gasteiger partial charge in [0, 0.05) is 11.8 Å². The lowest BCUT2D eigenvalue weighted by molar-refractivity contribution is -0.113. The molecule has 0 spiro atoms. The van der Waals surface area contributed by atoms with Crippen molar-refractivity contribution in [1.82, 2.24) is 0 Å². The van der Waals surface area contributed by atoms with Crippen molar-refractivity contribution >= 4 is 44.0 Å². The van der Waals surface area contributed by atoms with Crippen molar-refractivity contribution in [3.63, 3.8) is 0 Å². The monoisotopic (exact) mass is 465 g/mol. The van der Waals surface area contributed by atoms with Gasteiger partial charge in [-0.25, -0.2) is 17.2 Å². The third-order valence-corrected chi connectivity index (χ3v) is 8.02. The van der Waals surface area contributed by atoms with Crippen LogP contribution < -0.4 is 10.2 Å². The number of hydrogen-bond acceptors (Lipinski definition) is 6. The number of halogens is 2. The third-order valence-electron chi connectivity index (χ3n) is 5.35. The highest BCUT2D eigenvalue weighted by Crippen LogP contribution is 2.36. The Morgan fingerprint density at radius 2 is 1.90 bits per heavy atom. The Bertz CT molecular complexity index is 1160. The van der Waals surface area contributed by atoms with Gasteiger partial charge in [-0.1, -0.05) is 30.0 Å². The smallest absolute Gasteiger partial charge is 0.234 e. The van der Waals surface area contributed by atoms with Crippen LogP contribution in [0.5, 0.6) is 0 Å². The van der Waals surface area contributed by atoms with E-state index in [4.69, 9.17) is 0 Å². The molecule has 0 aromatic heterocycles. The zero-order chi connectivity index (χ0) is 22.3. The number of anilines is 2. The molecule has 2 aromatic carbocycles. The van der Waals surface area contributed by atoms with Crippen LogP contribution in [0.4, 0.5) is 20.2 Å². The number of nitrogens with one attached hydrogen (secondary N) is 1. The number of para-hydroxylation sites is 1. The molecule has 1 N–H and O–H groups in total. The lowest BCUT2D eigenvalue weighted by atomic mass is 10.1. The fraction of sp³-hybridized carbons (Fsp3) is 0.333. The first kappa shape index (κ1) is 21.8. The normalized spacial score (nSPS) is 21.7. The van der Waals surface area contributed by atoms with Crippen LogP contribution in [0.25, 0.3) is 0 Å². The summed E-state index contributed by atoms with van der Waals surface area (Å²) < 4.78 is 52.1. The molecule has 2 heterocycles. The summed E-state index contributed by atoms with van der Waals surface area (Å²) in [5.41, 5.74) is 2.66. The van der Waals surface area contributed by atoms with Gasteiger partial charge in [0.25, 0.3) is 0 Å². The zero-order valence-electron chi connectivity index (χ0n) is 16.9. The minimum Gasteiger partial charge on any atom is -0.325 e. The highest BCUT2D eigenvalue weighted by molar-refractivity contribution is 8.14. The van der Waals surface area contributed by atoms with Gasteiger partial charge in [0.2, 0.25) is 5.91 Å². The summed E-state index contributed by atoms with van der Waals surface area (Å²) >= 11 is 1.10. The molecule has 1 saturated heterocycles. The van der Waals surface area contributed by atoms with Crippen LogP contribution in [0.15, 0.2) is 41.4 Å². The Labute approximate surface area is 183 Å². The van der Waals surface area contributed by atoms with Crippen LogP contribution in [-0.4, -0.2) is 48.8 Å². The van der Waals surface area contributed by atoms with E-state index in [2.05, 4.69) is 10.3 Å². The molecule has 1 fully saturated rings. The average Bonchev–Trinajstić information content (AvgIpc) is 3.15. The Morgan fingerprint density at radius 3 is 2.58 bits per heavy atom. The van der Waals surface area contributed by atoms with E-state index in [1.54, 1.807) is 0 Å². The van der Waals surface area contributed by atoms with Gasteiger partial charge in [0.15, 0.2) is 15.0 Å². The number of carbonyl (C=O) groups is 1. The molecule has 1 amide bonds. The van der Waals surface area contributed by atoms with E-state index in [9.17, 15) is 22.0 Å². The number of thioether (sulfide) groups is 1. The summed E-state index contributed by atoms with van der Waals surface area (Å²) in [4.78, 5) is 18.5. The summed E-state index contributed by atoms with van der Waals surface area (Å²) in [6.07, 6.45) is 0. The van der Waals surface area contributed by atoms with Crippen molar-refractivity contribution in [2.75, 3.05) is 27.5 Å². The number of aliphatic imine (C=N–C) groups is 1. The molecule has 2 aromatic rings. The number of amides is 1. The SMILES string of the molecule is Cc1cccc(C)c1NC(=O)CSC1=N[C@H]2CS(=O)(=O)C[C@H]2N1c1ccc(F)cc1F. The first-order valence-corrected chi connectivity index (χ1v) is 12.5. The van der Waals surface area contributed by atoms with Crippen molar-refractivity contribution in [2.45, 2.75) is 25.9 Å². The minimum atomic E-state index is -3.31. The number of fused-ring (bicyclic) bond motifs is 1. The maximum absolute atomic E-state index is 14.5. The predicted octanol–water partition coefficient (Wildman–Crippen LogP) is 3.30. The van der Waals surface area contributed by atoms with Crippen LogP contribution in [0.3, 0.4) is 0 Å². The maximum Gasteiger partial charge on any atom is 0.234 e.